The maximum Gasteiger partial charge on any atom is 0.264 e. The van der Waals surface area contributed by atoms with Gasteiger partial charge in [0.05, 0.1) is 30.1 Å². The molecule has 1 saturated heterocycles. The Labute approximate surface area is 103 Å². The van der Waals surface area contributed by atoms with Crippen molar-refractivity contribution in [2.45, 2.75) is 12.5 Å². The van der Waals surface area contributed by atoms with Crippen LogP contribution in [-0.4, -0.2) is 39.3 Å². The van der Waals surface area contributed by atoms with Crippen molar-refractivity contribution in [2.75, 3.05) is 11.5 Å². The summed E-state index contributed by atoms with van der Waals surface area (Å²) in [5.74, 6) is 0.241. The van der Waals surface area contributed by atoms with E-state index in [1.54, 1.807) is 11.7 Å². The molecule has 0 amide bonds. The summed E-state index contributed by atoms with van der Waals surface area (Å²) in [5, 5.41) is 4.54. The summed E-state index contributed by atoms with van der Waals surface area (Å²) >= 11 is 0. The van der Waals surface area contributed by atoms with Gasteiger partial charge in [0.2, 0.25) is 0 Å². The zero-order valence-electron chi connectivity index (χ0n) is 9.78. The Hall–Kier alpha value is -1.70. The summed E-state index contributed by atoms with van der Waals surface area (Å²) in [4.78, 5) is 16.0. The van der Waals surface area contributed by atoms with Crippen LogP contribution in [0.1, 0.15) is 12.5 Å². The third-order valence-electron chi connectivity index (χ3n) is 3.23. The van der Waals surface area contributed by atoms with Crippen molar-refractivity contribution in [3.63, 3.8) is 0 Å². The number of nitrogens with zero attached hydrogens (tertiary/aromatic N) is 4. The standard InChI is InChI=1S/C10H12N4O3S/c1-13-6-11-9-8(10(13)15)4-12-14(9)7-2-3-18(16,17)5-7/h4,6-7H,2-3,5H2,1H3/t7-/m0/s1. The van der Waals surface area contributed by atoms with Crippen LogP contribution in [0.4, 0.5) is 0 Å². The Bertz CT molecular complexity index is 774. The van der Waals surface area contributed by atoms with E-state index in [1.807, 2.05) is 0 Å². The van der Waals surface area contributed by atoms with Crippen LogP contribution in [-0.2, 0) is 16.9 Å². The lowest BCUT2D eigenvalue weighted by atomic mass is 10.3. The molecule has 0 spiro atoms. The van der Waals surface area contributed by atoms with Gasteiger partial charge in [0.25, 0.3) is 5.56 Å². The normalized spacial score (nSPS) is 22.6. The summed E-state index contributed by atoms with van der Waals surface area (Å²) in [6, 6.07) is -0.216. The topological polar surface area (TPSA) is 86.8 Å². The molecule has 0 bridgehead atoms. The van der Waals surface area contributed by atoms with Gasteiger partial charge in [-0.1, -0.05) is 0 Å². The average molecular weight is 268 g/mol. The molecule has 0 saturated carbocycles. The molecule has 1 aliphatic heterocycles. The third kappa shape index (κ3) is 1.64. The van der Waals surface area contributed by atoms with Gasteiger partial charge in [0.1, 0.15) is 5.39 Å². The number of sulfone groups is 1. The van der Waals surface area contributed by atoms with Crippen LogP contribution in [0.5, 0.6) is 0 Å². The second-order valence-corrected chi connectivity index (χ2v) is 6.77. The molecule has 2 aromatic heterocycles. The Morgan fingerprint density at radius 1 is 1.44 bits per heavy atom. The van der Waals surface area contributed by atoms with Gasteiger partial charge in [-0.2, -0.15) is 5.10 Å². The second kappa shape index (κ2) is 3.64. The van der Waals surface area contributed by atoms with Gasteiger partial charge in [0, 0.05) is 7.05 Å². The van der Waals surface area contributed by atoms with E-state index in [4.69, 9.17) is 0 Å². The number of aromatic nitrogens is 4. The van der Waals surface area contributed by atoms with Crippen molar-refractivity contribution in [2.24, 2.45) is 7.05 Å². The zero-order valence-corrected chi connectivity index (χ0v) is 10.6. The lowest BCUT2D eigenvalue weighted by molar-refractivity contribution is 0.511. The van der Waals surface area contributed by atoms with Crippen LogP contribution in [0.3, 0.4) is 0 Å². The molecular formula is C10H12N4O3S. The molecule has 1 aliphatic rings. The predicted octanol–water partition coefficient (Wildman–Crippen LogP) is -0.510. The van der Waals surface area contributed by atoms with Gasteiger partial charge >= 0.3 is 0 Å². The van der Waals surface area contributed by atoms with Gasteiger partial charge in [-0.25, -0.2) is 18.1 Å². The fourth-order valence-corrected chi connectivity index (χ4v) is 3.95. The van der Waals surface area contributed by atoms with Crippen LogP contribution < -0.4 is 5.56 Å². The van der Waals surface area contributed by atoms with E-state index >= 15 is 0 Å². The highest BCUT2D eigenvalue weighted by Gasteiger charge is 2.31. The van der Waals surface area contributed by atoms with E-state index in [2.05, 4.69) is 10.1 Å². The molecule has 3 rings (SSSR count). The smallest absolute Gasteiger partial charge is 0.264 e. The molecule has 0 aliphatic carbocycles. The number of hydrogen-bond acceptors (Lipinski definition) is 5. The molecule has 2 aromatic rings. The molecule has 8 heteroatoms. The highest BCUT2D eigenvalue weighted by atomic mass is 32.2. The number of aryl methyl sites for hydroxylation is 1. The first-order valence-corrected chi connectivity index (χ1v) is 7.39. The van der Waals surface area contributed by atoms with Gasteiger partial charge in [-0.15, -0.1) is 0 Å². The Balaban J connectivity index is 2.15. The molecule has 18 heavy (non-hydrogen) atoms. The molecule has 3 heterocycles. The summed E-state index contributed by atoms with van der Waals surface area (Å²) in [7, 11) is -1.36. The summed E-state index contributed by atoms with van der Waals surface area (Å²) in [6.07, 6.45) is 3.40. The molecule has 0 N–H and O–H groups in total. The van der Waals surface area contributed by atoms with Gasteiger partial charge in [-0.3, -0.25) is 4.79 Å². The largest absolute Gasteiger partial charge is 0.302 e. The quantitative estimate of drug-likeness (QED) is 0.695. The molecule has 0 aromatic carbocycles. The van der Waals surface area contributed by atoms with Crippen molar-refractivity contribution in [3.8, 4) is 0 Å². The van der Waals surface area contributed by atoms with Crippen molar-refractivity contribution in [3.05, 3.63) is 22.9 Å². The molecule has 0 radical (unpaired) electrons. The predicted molar refractivity (Wildman–Crippen MR) is 65.1 cm³/mol. The number of fused-ring (bicyclic) bond motifs is 1. The minimum Gasteiger partial charge on any atom is -0.302 e. The maximum atomic E-state index is 11.8. The lowest BCUT2D eigenvalue weighted by Crippen LogP contribution is -2.18. The number of hydrogen-bond donors (Lipinski definition) is 0. The van der Waals surface area contributed by atoms with Gasteiger partial charge in [-0.05, 0) is 6.42 Å². The van der Waals surface area contributed by atoms with Crippen molar-refractivity contribution in [1.82, 2.24) is 19.3 Å². The first-order valence-electron chi connectivity index (χ1n) is 5.57. The summed E-state index contributed by atoms with van der Waals surface area (Å²) in [5.41, 5.74) is 0.285. The monoisotopic (exact) mass is 268 g/mol. The first-order chi connectivity index (χ1) is 8.48. The van der Waals surface area contributed by atoms with Crippen LogP contribution in [0.15, 0.2) is 17.3 Å². The van der Waals surface area contributed by atoms with Crippen LogP contribution in [0.2, 0.25) is 0 Å². The van der Waals surface area contributed by atoms with Gasteiger partial charge < -0.3 is 4.57 Å². The highest BCUT2D eigenvalue weighted by molar-refractivity contribution is 7.91. The van der Waals surface area contributed by atoms with Gasteiger partial charge in [0.15, 0.2) is 15.5 Å². The highest BCUT2D eigenvalue weighted by Crippen LogP contribution is 2.24. The second-order valence-electron chi connectivity index (χ2n) is 4.54. The molecule has 7 nitrogen and oxygen atoms in total. The first kappa shape index (κ1) is 11.4. The van der Waals surface area contributed by atoms with E-state index in [-0.39, 0.29) is 23.1 Å². The summed E-state index contributed by atoms with van der Waals surface area (Å²) < 4.78 is 25.9. The number of rotatable bonds is 1. The molecule has 96 valence electrons. The van der Waals surface area contributed by atoms with E-state index in [9.17, 15) is 13.2 Å². The van der Waals surface area contributed by atoms with Crippen LogP contribution in [0.25, 0.3) is 11.0 Å². The SMILES string of the molecule is Cn1cnc2c(cnn2[C@H]2CCS(=O)(=O)C2)c1=O. The Morgan fingerprint density at radius 2 is 2.22 bits per heavy atom. The lowest BCUT2D eigenvalue weighted by Gasteiger charge is -2.08. The molecular weight excluding hydrogens is 256 g/mol. The maximum absolute atomic E-state index is 11.8. The van der Waals surface area contributed by atoms with Crippen LogP contribution >= 0.6 is 0 Å². The van der Waals surface area contributed by atoms with E-state index in [1.165, 1.54) is 17.1 Å². The van der Waals surface area contributed by atoms with Crippen molar-refractivity contribution < 1.29 is 8.42 Å². The molecule has 0 unspecified atom stereocenters. The van der Waals surface area contributed by atoms with E-state index in [0.29, 0.717) is 17.5 Å². The molecule has 1 atom stereocenters. The fraction of sp³-hybridized carbons (Fsp3) is 0.500. The molecule has 1 fully saturated rings. The van der Waals surface area contributed by atoms with E-state index < -0.39 is 9.84 Å². The third-order valence-corrected chi connectivity index (χ3v) is 4.98. The van der Waals surface area contributed by atoms with E-state index in [0.717, 1.165) is 0 Å². The average Bonchev–Trinajstić information content (AvgIpc) is 2.87. The Morgan fingerprint density at radius 3 is 2.89 bits per heavy atom. The van der Waals surface area contributed by atoms with Crippen molar-refractivity contribution in [1.29, 1.82) is 0 Å². The van der Waals surface area contributed by atoms with Crippen LogP contribution in [0, 0.1) is 0 Å². The zero-order chi connectivity index (χ0) is 12.9. The van der Waals surface area contributed by atoms with Crippen molar-refractivity contribution >= 4 is 20.9 Å². The fourth-order valence-electron chi connectivity index (χ4n) is 2.25. The minimum absolute atomic E-state index is 0.0701. The summed E-state index contributed by atoms with van der Waals surface area (Å²) in [6.45, 7) is 0. The minimum atomic E-state index is -2.98. The Kier molecular flexibility index (Phi) is 2.31.